The minimum atomic E-state index is -0.446. The van der Waals surface area contributed by atoms with Gasteiger partial charge in [-0.2, -0.15) is 5.10 Å². The molecular weight excluding hydrogens is 260 g/mol. The van der Waals surface area contributed by atoms with Crippen LogP contribution >= 0.6 is 0 Å². The van der Waals surface area contributed by atoms with Gasteiger partial charge in [-0.3, -0.25) is 15.2 Å². The summed E-state index contributed by atoms with van der Waals surface area (Å²) in [7, 11) is 0. The Kier molecular flexibility index (Phi) is 3.92. The van der Waals surface area contributed by atoms with Gasteiger partial charge < -0.3 is 5.32 Å². The number of aromatic nitrogens is 4. The lowest BCUT2D eigenvalue weighted by Gasteiger charge is -2.14. The van der Waals surface area contributed by atoms with E-state index in [4.69, 9.17) is 0 Å². The zero-order valence-electron chi connectivity index (χ0n) is 11.5. The van der Waals surface area contributed by atoms with Crippen LogP contribution in [-0.2, 0) is 0 Å². The highest BCUT2D eigenvalue weighted by Crippen LogP contribution is 2.27. The van der Waals surface area contributed by atoms with Gasteiger partial charge in [-0.25, -0.2) is 9.97 Å². The van der Waals surface area contributed by atoms with Crippen LogP contribution < -0.4 is 5.32 Å². The first-order valence-electron chi connectivity index (χ1n) is 6.27. The average molecular weight is 276 g/mol. The molecule has 0 unspecified atom stereocenters. The molecule has 2 N–H and O–H groups in total. The molecular formula is C12H16N6O2. The summed E-state index contributed by atoms with van der Waals surface area (Å²) in [4.78, 5) is 19.0. The largest absolute Gasteiger partial charge is 0.354 e. The Hall–Kier alpha value is -2.51. The van der Waals surface area contributed by atoms with Crippen molar-refractivity contribution in [3.05, 3.63) is 39.6 Å². The molecule has 0 saturated carbocycles. The van der Waals surface area contributed by atoms with Crippen molar-refractivity contribution in [2.45, 2.75) is 33.2 Å². The molecule has 0 aliphatic carbocycles. The van der Waals surface area contributed by atoms with Gasteiger partial charge in [-0.1, -0.05) is 6.92 Å². The number of hydrogen-bond acceptors (Lipinski definition) is 6. The molecule has 2 heterocycles. The fourth-order valence-corrected chi connectivity index (χ4v) is 1.83. The Balaban J connectivity index is 2.30. The number of hydrogen-bond donors (Lipinski definition) is 2. The molecule has 20 heavy (non-hydrogen) atoms. The third-order valence-electron chi connectivity index (χ3n) is 2.85. The van der Waals surface area contributed by atoms with Gasteiger partial charge in [-0.15, -0.1) is 0 Å². The predicted octanol–water partition coefficient (Wildman–Crippen LogP) is 2.29. The van der Waals surface area contributed by atoms with E-state index >= 15 is 0 Å². The van der Waals surface area contributed by atoms with Crippen molar-refractivity contribution in [1.29, 1.82) is 0 Å². The molecule has 0 radical (unpaired) electrons. The number of anilines is 1. The number of pyridine rings is 1. The molecule has 2 aromatic rings. The number of H-pyrrole nitrogens is 1. The summed E-state index contributed by atoms with van der Waals surface area (Å²) in [5.41, 5.74) is 0.694. The van der Waals surface area contributed by atoms with Gasteiger partial charge in [-0.05, 0) is 25.8 Å². The number of nitrogens with one attached hydrogen (secondary N) is 2. The standard InChI is InChI=1S/C12H16N6O2/c1-4-9(11-14-8(3)16-17-11)15-12-10(18(19)20)5-7(2)6-13-12/h5-6,9H,4H2,1-3H3,(H,13,15)(H,14,16,17)/t9-/m1/s1. The Labute approximate surface area is 115 Å². The topological polar surface area (TPSA) is 110 Å². The molecule has 0 amide bonds. The second-order valence-corrected chi connectivity index (χ2v) is 4.52. The van der Waals surface area contributed by atoms with E-state index in [0.717, 1.165) is 5.56 Å². The van der Waals surface area contributed by atoms with E-state index in [0.29, 0.717) is 18.1 Å². The van der Waals surface area contributed by atoms with Gasteiger partial charge in [0.1, 0.15) is 5.82 Å². The van der Waals surface area contributed by atoms with Gasteiger partial charge in [0.05, 0.1) is 11.0 Å². The first-order valence-corrected chi connectivity index (χ1v) is 6.27. The third-order valence-corrected chi connectivity index (χ3v) is 2.85. The monoisotopic (exact) mass is 276 g/mol. The number of aromatic amines is 1. The Morgan fingerprint density at radius 1 is 1.50 bits per heavy atom. The summed E-state index contributed by atoms with van der Waals surface area (Å²) < 4.78 is 0. The molecule has 2 rings (SSSR count). The van der Waals surface area contributed by atoms with Crippen LogP contribution in [0.25, 0.3) is 0 Å². The molecule has 8 nitrogen and oxygen atoms in total. The van der Waals surface area contributed by atoms with Gasteiger partial charge in [0, 0.05) is 12.3 Å². The van der Waals surface area contributed by atoms with Crippen molar-refractivity contribution < 1.29 is 4.92 Å². The van der Waals surface area contributed by atoms with Crippen LogP contribution in [0.5, 0.6) is 0 Å². The van der Waals surface area contributed by atoms with Gasteiger partial charge in [0.25, 0.3) is 0 Å². The fraction of sp³-hybridized carbons (Fsp3) is 0.417. The SMILES string of the molecule is CC[C@@H](Nc1ncc(C)cc1[N+](=O)[O-])c1n[nH]c(C)n1. The zero-order chi connectivity index (χ0) is 14.7. The van der Waals surface area contributed by atoms with Crippen LogP contribution in [0.2, 0.25) is 0 Å². The number of rotatable bonds is 5. The van der Waals surface area contributed by atoms with E-state index < -0.39 is 4.92 Å². The van der Waals surface area contributed by atoms with Crippen LogP contribution in [-0.4, -0.2) is 25.1 Å². The molecule has 0 aliphatic heterocycles. The van der Waals surface area contributed by atoms with E-state index in [2.05, 4.69) is 25.5 Å². The second kappa shape index (κ2) is 5.64. The molecule has 0 aromatic carbocycles. The summed E-state index contributed by atoms with van der Waals surface area (Å²) in [6.45, 7) is 5.51. The summed E-state index contributed by atoms with van der Waals surface area (Å²) in [5.74, 6) is 1.50. The average Bonchev–Trinajstić information content (AvgIpc) is 2.83. The maximum Gasteiger partial charge on any atom is 0.311 e. The van der Waals surface area contributed by atoms with Crippen LogP contribution in [0, 0.1) is 24.0 Å². The van der Waals surface area contributed by atoms with Crippen molar-refractivity contribution in [2.24, 2.45) is 0 Å². The highest BCUT2D eigenvalue weighted by atomic mass is 16.6. The van der Waals surface area contributed by atoms with E-state index in [1.54, 1.807) is 20.0 Å². The maximum absolute atomic E-state index is 11.1. The quantitative estimate of drug-likeness (QED) is 0.640. The van der Waals surface area contributed by atoms with E-state index in [1.807, 2.05) is 6.92 Å². The van der Waals surface area contributed by atoms with Crippen LogP contribution in [0.15, 0.2) is 12.3 Å². The maximum atomic E-state index is 11.1. The summed E-state index contributed by atoms with van der Waals surface area (Å²) in [5, 5.41) is 20.9. The minimum absolute atomic E-state index is 0.0456. The normalized spacial score (nSPS) is 12.2. The van der Waals surface area contributed by atoms with E-state index in [9.17, 15) is 10.1 Å². The molecule has 2 aromatic heterocycles. The number of nitro groups is 1. The van der Waals surface area contributed by atoms with Crippen LogP contribution in [0.1, 0.15) is 36.6 Å². The molecule has 8 heteroatoms. The molecule has 1 atom stereocenters. The first-order chi connectivity index (χ1) is 9.51. The predicted molar refractivity (Wildman–Crippen MR) is 73.4 cm³/mol. The lowest BCUT2D eigenvalue weighted by atomic mass is 10.2. The van der Waals surface area contributed by atoms with Gasteiger partial charge in [0.15, 0.2) is 5.82 Å². The molecule has 0 aliphatic rings. The highest BCUT2D eigenvalue weighted by Gasteiger charge is 2.21. The van der Waals surface area contributed by atoms with Crippen molar-refractivity contribution in [3.63, 3.8) is 0 Å². The second-order valence-electron chi connectivity index (χ2n) is 4.52. The minimum Gasteiger partial charge on any atom is -0.354 e. The molecule has 0 bridgehead atoms. The Morgan fingerprint density at radius 2 is 2.25 bits per heavy atom. The van der Waals surface area contributed by atoms with Crippen LogP contribution in [0.3, 0.4) is 0 Å². The highest BCUT2D eigenvalue weighted by molar-refractivity contribution is 5.57. The van der Waals surface area contributed by atoms with Crippen molar-refractivity contribution >= 4 is 11.5 Å². The third kappa shape index (κ3) is 2.90. The fourth-order valence-electron chi connectivity index (χ4n) is 1.83. The lowest BCUT2D eigenvalue weighted by Crippen LogP contribution is -2.14. The summed E-state index contributed by atoms with van der Waals surface area (Å²) in [6.07, 6.45) is 2.27. The zero-order valence-corrected chi connectivity index (χ0v) is 11.5. The molecule has 0 saturated heterocycles. The first kappa shape index (κ1) is 13.9. The van der Waals surface area contributed by atoms with E-state index in [1.165, 1.54) is 6.07 Å². The number of aryl methyl sites for hydroxylation is 2. The lowest BCUT2D eigenvalue weighted by molar-refractivity contribution is -0.384. The molecule has 0 fully saturated rings. The van der Waals surface area contributed by atoms with Crippen molar-refractivity contribution in [2.75, 3.05) is 5.32 Å². The van der Waals surface area contributed by atoms with Gasteiger partial charge in [0.2, 0.25) is 5.82 Å². The van der Waals surface area contributed by atoms with Gasteiger partial charge >= 0.3 is 5.69 Å². The Bertz CT molecular complexity index is 624. The smallest absolute Gasteiger partial charge is 0.311 e. The Morgan fingerprint density at radius 3 is 2.80 bits per heavy atom. The number of nitrogens with zero attached hydrogens (tertiary/aromatic N) is 4. The molecule has 106 valence electrons. The van der Waals surface area contributed by atoms with Crippen molar-refractivity contribution in [3.8, 4) is 0 Å². The van der Waals surface area contributed by atoms with Crippen LogP contribution in [0.4, 0.5) is 11.5 Å². The van der Waals surface area contributed by atoms with E-state index in [-0.39, 0.29) is 17.5 Å². The van der Waals surface area contributed by atoms with Crippen molar-refractivity contribution in [1.82, 2.24) is 20.2 Å². The summed E-state index contributed by atoms with van der Waals surface area (Å²) in [6, 6.07) is 1.26. The summed E-state index contributed by atoms with van der Waals surface area (Å²) >= 11 is 0. The molecule has 0 spiro atoms.